The van der Waals surface area contributed by atoms with Gasteiger partial charge in [0.15, 0.2) is 17.4 Å². The highest BCUT2D eigenvalue weighted by Gasteiger charge is 2.60. The fourth-order valence-electron chi connectivity index (χ4n) is 3.57. The van der Waals surface area contributed by atoms with Gasteiger partial charge in [-0.25, -0.2) is 23.1 Å². The van der Waals surface area contributed by atoms with Crippen LogP contribution in [-0.2, 0) is 31.6 Å². The zero-order valence-corrected chi connectivity index (χ0v) is 20.5. The number of terminal acetylenes is 1. The minimum absolute atomic E-state index is 0.253. The molecule has 0 radical (unpaired) electrons. The molecule has 0 aliphatic carbocycles. The van der Waals surface area contributed by atoms with Crippen LogP contribution in [0.15, 0.2) is 11.1 Å². The summed E-state index contributed by atoms with van der Waals surface area (Å²) in [6, 6.07) is 0. The summed E-state index contributed by atoms with van der Waals surface area (Å²) in [5.74, 6) is -0.183. The maximum atomic E-state index is 16.0. The van der Waals surface area contributed by atoms with Gasteiger partial charge in [-0.15, -0.1) is 6.42 Å². The zero-order chi connectivity index (χ0) is 27.3. The van der Waals surface area contributed by atoms with Crippen LogP contribution in [0.2, 0.25) is 0 Å². The van der Waals surface area contributed by atoms with Crippen molar-refractivity contribution in [2.75, 3.05) is 12.3 Å². The number of nitrogen functional groups attached to an aromatic ring is 1. The van der Waals surface area contributed by atoms with E-state index < -0.39 is 65.7 Å². The molecule has 1 aliphatic heterocycles. The molecule has 3 rings (SSSR count). The van der Waals surface area contributed by atoms with E-state index in [2.05, 4.69) is 28.1 Å². The number of aliphatic hydroxyl groups excluding tert-OH is 1. The van der Waals surface area contributed by atoms with E-state index in [1.54, 1.807) is 0 Å². The molecule has 8 N–H and O–H groups in total. The number of alkyl halides is 1. The van der Waals surface area contributed by atoms with Gasteiger partial charge in [-0.1, -0.05) is 5.92 Å². The monoisotopic (exact) mass is 577 g/mol. The predicted molar refractivity (Wildman–Crippen MR) is 114 cm³/mol. The standard InChI is InChI=1S/C14H19FN5O13P3/c1-3-14(15)7(4-21)9(6(2)31-35(26,27)33-36(28,29)32-34(23,24)25)30-12(14)20-5-17-8-10(20)18-13(16)19-11(8)22/h1,5-7,9,12,21H,4H2,2H3,(H,26,27)(H,28,29)(H2,23,24,25)(H3,16,18,19,22)/t6-,7?,9+,12+,14?/m0/s1. The SMILES string of the molecule is C#CC1(F)C(CO)[C@@H]([C@H](C)OP(=O)(O)OP(=O)(O)OP(=O)(O)O)O[C@H]1n1cnc2c(=O)[nH]c(N)nc21. The largest absolute Gasteiger partial charge is 0.490 e. The molecule has 0 bridgehead atoms. The van der Waals surface area contributed by atoms with Crippen molar-refractivity contribution in [3.8, 4) is 12.3 Å². The van der Waals surface area contributed by atoms with Gasteiger partial charge < -0.3 is 35.2 Å². The molecule has 2 aromatic heterocycles. The molecule has 1 aliphatic rings. The number of rotatable bonds is 9. The van der Waals surface area contributed by atoms with Crippen LogP contribution in [0.5, 0.6) is 0 Å². The number of nitrogens with one attached hydrogen (secondary N) is 1. The van der Waals surface area contributed by atoms with Gasteiger partial charge in [0.2, 0.25) is 11.6 Å². The van der Waals surface area contributed by atoms with Gasteiger partial charge in [0.05, 0.1) is 31.1 Å². The number of hydrogen-bond acceptors (Lipinski definition) is 12. The van der Waals surface area contributed by atoms with Crippen molar-refractivity contribution in [3.05, 3.63) is 16.7 Å². The average Bonchev–Trinajstić information content (AvgIpc) is 3.23. The molecular formula is C14H19FN5O13P3. The molecule has 0 spiro atoms. The van der Waals surface area contributed by atoms with Crippen LogP contribution < -0.4 is 11.3 Å². The van der Waals surface area contributed by atoms with Crippen molar-refractivity contribution >= 4 is 40.6 Å². The first kappa shape index (κ1) is 28.5. The number of phosphoric acid groups is 3. The Balaban J connectivity index is 1.93. The Morgan fingerprint density at radius 2 is 1.97 bits per heavy atom. The van der Waals surface area contributed by atoms with E-state index >= 15 is 4.39 Å². The summed E-state index contributed by atoms with van der Waals surface area (Å²) >= 11 is 0. The van der Waals surface area contributed by atoms with Gasteiger partial charge in [-0.05, 0) is 6.92 Å². The van der Waals surface area contributed by atoms with Gasteiger partial charge in [0.1, 0.15) is 0 Å². The first-order valence-electron chi connectivity index (χ1n) is 9.40. The lowest BCUT2D eigenvalue weighted by atomic mass is 9.85. The summed E-state index contributed by atoms with van der Waals surface area (Å²) in [5.41, 5.74) is 1.37. The predicted octanol–water partition coefficient (Wildman–Crippen LogP) is -0.719. The van der Waals surface area contributed by atoms with Crippen LogP contribution in [0.4, 0.5) is 10.3 Å². The van der Waals surface area contributed by atoms with Crippen LogP contribution >= 0.6 is 23.5 Å². The van der Waals surface area contributed by atoms with E-state index in [0.29, 0.717) is 0 Å². The number of anilines is 1. The Kier molecular flexibility index (Phi) is 7.68. The van der Waals surface area contributed by atoms with Crippen LogP contribution in [0.25, 0.3) is 11.2 Å². The first-order valence-corrected chi connectivity index (χ1v) is 13.9. The van der Waals surface area contributed by atoms with Crippen molar-refractivity contribution in [1.29, 1.82) is 0 Å². The highest BCUT2D eigenvalue weighted by Crippen LogP contribution is 2.67. The van der Waals surface area contributed by atoms with Crippen molar-refractivity contribution < 1.29 is 60.6 Å². The van der Waals surface area contributed by atoms with Gasteiger partial charge in [0, 0.05) is 0 Å². The molecule has 36 heavy (non-hydrogen) atoms. The van der Waals surface area contributed by atoms with Gasteiger partial charge in [-0.2, -0.15) is 13.6 Å². The summed E-state index contributed by atoms with van der Waals surface area (Å²) in [6.45, 7) is 0.00667. The molecule has 18 nitrogen and oxygen atoms in total. The molecule has 4 unspecified atom stereocenters. The third-order valence-corrected chi connectivity index (χ3v) is 8.81. The first-order chi connectivity index (χ1) is 16.4. The third-order valence-electron chi connectivity index (χ3n) is 4.88. The summed E-state index contributed by atoms with van der Waals surface area (Å²) in [7, 11) is -17.1. The van der Waals surface area contributed by atoms with Crippen molar-refractivity contribution in [3.63, 3.8) is 0 Å². The zero-order valence-electron chi connectivity index (χ0n) is 17.8. The number of ether oxygens (including phenoxy) is 1. The Morgan fingerprint density at radius 1 is 1.33 bits per heavy atom. The van der Waals surface area contributed by atoms with Crippen molar-refractivity contribution in [2.45, 2.75) is 31.0 Å². The lowest BCUT2D eigenvalue weighted by Crippen LogP contribution is -2.41. The molecule has 0 amide bonds. The second kappa shape index (κ2) is 9.69. The normalized spacial score (nSPS) is 28.9. The Morgan fingerprint density at radius 3 is 2.53 bits per heavy atom. The van der Waals surface area contributed by atoms with Crippen LogP contribution in [0, 0.1) is 18.3 Å². The smallest absolute Gasteiger partial charge is 0.396 e. The summed E-state index contributed by atoms with van der Waals surface area (Å²) in [4.78, 5) is 58.2. The van der Waals surface area contributed by atoms with Crippen LogP contribution in [0.3, 0.4) is 0 Å². The molecule has 1 fully saturated rings. The highest BCUT2D eigenvalue weighted by atomic mass is 31.3. The number of nitrogens with zero attached hydrogens (tertiary/aromatic N) is 3. The number of aliphatic hydroxyl groups is 1. The second-order valence-electron chi connectivity index (χ2n) is 7.33. The highest BCUT2D eigenvalue weighted by molar-refractivity contribution is 7.66. The molecule has 0 aromatic carbocycles. The number of aromatic amines is 1. The van der Waals surface area contributed by atoms with Gasteiger partial charge >= 0.3 is 23.5 Å². The van der Waals surface area contributed by atoms with E-state index in [4.69, 9.17) is 26.7 Å². The maximum Gasteiger partial charge on any atom is 0.490 e. The van der Waals surface area contributed by atoms with Gasteiger partial charge in [-0.3, -0.25) is 18.9 Å². The van der Waals surface area contributed by atoms with E-state index in [9.17, 15) is 33.4 Å². The Hall–Kier alpha value is -2.03. The number of halogens is 1. The minimum Gasteiger partial charge on any atom is -0.396 e. The van der Waals surface area contributed by atoms with E-state index in [1.807, 2.05) is 5.92 Å². The molecule has 200 valence electrons. The van der Waals surface area contributed by atoms with E-state index in [-0.39, 0.29) is 17.1 Å². The molecule has 7 atom stereocenters. The quantitative estimate of drug-likeness (QED) is 0.143. The fourth-order valence-corrected chi connectivity index (χ4v) is 6.77. The molecule has 22 heteroatoms. The molecule has 2 aromatic rings. The average molecular weight is 577 g/mol. The third kappa shape index (κ3) is 5.76. The summed E-state index contributed by atoms with van der Waals surface area (Å²) in [5, 5.41) is 9.84. The number of H-pyrrole nitrogens is 1. The van der Waals surface area contributed by atoms with Crippen molar-refractivity contribution in [2.24, 2.45) is 5.92 Å². The Labute approximate surface area is 199 Å². The number of hydrogen-bond donors (Lipinski definition) is 7. The van der Waals surface area contributed by atoms with Crippen LogP contribution in [-0.4, -0.2) is 68.7 Å². The number of nitrogens with two attached hydrogens (primary N) is 1. The Bertz CT molecular complexity index is 1400. The van der Waals surface area contributed by atoms with Crippen LogP contribution in [0.1, 0.15) is 13.2 Å². The van der Waals surface area contributed by atoms with Crippen molar-refractivity contribution in [1.82, 2.24) is 19.5 Å². The van der Waals surface area contributed by atoms with E-state index in [0.717, 1.165) is 17.8 Å². The lowest BCUT2D eigenvalue weighted by molar-refractivity contribution is -0.0712. The summed E-state index contributed by atoms with van der Waals surface area (Å²) < 4.78 is 68.9. The van der Waals surface area contributed by atoms with Gasteiger partial charge in [0.25, 0.3) is 5.56 Å². The topological polar surface area (TPSA) is 279 Å². The molecule has 0 saturated carbocycles. The maximum absolute atomic E-state index is 16.0. The number of imidazole rings is 1. The minimum atomic E-state index is -5.83. The number of fused-ring (bicyclic) bond motifs is 1. The number of aromatic nitrogens is 4. The molecule has 1 saturated heterocycles. The number of phosphoric ester groups is 1. The summed E-state index contributed by atoms with van der Waals surface area (Å²) in [6.07, 6.45) is 1.11. The molecular weight excluding hydrogens is 558 g/mol. The molecule has 3 heterocycles. The van der Waals surface area contributed by atoms with E-state index in [1.165, 1.54) is 0 Å². The lowest BCUT2D eigenvalue weighted by Gasteiger charge is -2.27. The fraction of sp³-hybridized carbons (Fsp3) is 0.500. The second-order valence-corrected chi connectivity index (χ2v) is 11.7.